The predicted molar refractivity (Wildman–Crippen MR) is 89.6 cm³/mol. The lowest BCUT2D eigenvalue weighted by Gasteiger charge is -2.34. The summed E-state index contributed by atoms with van der Waals surface area (Å²) >= 11 is 2.03. The Morgan fingerprint density at radius 3 is 2.76 bits per heavy atom. The Morgan fingerprint density at radius 2 is 2.14 bits per heavy atom. The van der Waals surface area contributed by atoms with Gasteiger partial charge in [0, 0.05) is 6.04 Å². The maximum Gasteiger partial charge on any atom is 0.326 e. The third-order valence-corrected chi connectivity index (χ3v) is 5.99. The van der Waals surface area contributed by atoms with Gasteiger partial charge in [-0.25, -0.2) is 0 Å². The van der Waals surface area contributed by atoms with E-state index >= 15 is 0 Å². The average Bonchev–Trinajstić information content (AvgIpc) is 3.14. The average molecular weight is 314 g/mol. The zero-order valence-corrected chi connectivity index (χ0v) is 14.6. The first kappa shape index (κ1) is 17.1. The third-order valence-electron chi connectivity index (χ3n) is 4.56. The summed E-state index contributed by atoms with van der Waals surface area (Å²) < 4.78 is 5.42. The Hall–Kier alpha value is -0.220. The van der Waals surface area contributed by atoms with E-state index in [2.05, 4.69) is 19.2 Å². The van der Waals surface area contributed by atoms with Crippen LogP contribution >= 0.6 is 11.8 Å². The van der Waals surface area contributed by atoms with Gasteiger partial charge in [-0.1, -0.05) is 20.3 Å². The summed E-state index contributed by atoms with van der Waals surface area (Å²) in [6.45, 7) is 6.92. The Kier molecular flexibility index (Phi) is 6.42. The fraction of sp³-hybridized carbons (Fsp3) is 0.941. The second-order valence-corrected chi connectivity index (χ2v) is 8.11. The smallest absolute Gasteiger partial charge is 0.326 e. The molecule has 21 heavy (non-hydrogen) atoms. The van der Waals surface area contributed by atoms with Gasteiger partial charge in [-0.3, -0.25) is 10.1 Å². The van der Waals surface area contributed by atoms with Gasteiger partial charge < -0.3 is 4.74 Å². The quantitative estimate of drug-likeness (QED) is 0.521. The van der Waals surface area contributed by atoms with Gasteiger partial charge in [0.2, 0.25) is 0 Å². The lowest BCUT2D eigenvalue weighted by molar-refractivity contribution is -0.153. The largest absolute Gasteiger partial charge is 0.465 e. The number of nitrogens with one attached hydrogen (secondary N) is 1. The molecule has 2 aliphatic carbocycles. The molecule has 0 amide bonds. The molecular formula is C17H31NO2S. The monoisotopic (exact) mass is 313 g/mol. The first-order valence-corrected chi connectivity index (χ1v) is 9.76. The molecule has 0 spiro atoms. The van der Waals surface area contributed by atoms with Crippen LogP contribution in [0.1, 0.15) is 59.3 Å². The number of thioether (sulfide) groups is 1. The maximum absolute atomic E-state index is 12.6. The molecular weight excluding hydrogens is 282 g/mol. The molecule has 122 valence electrons. The molecule has 3 nitrogen and oxygen atoms in total. The molecule has 0 saturated heterocycles. The maximum atomic E-state index is 12.6. The summed E-state index contributed by atoms with van der Waals surface area (Å²) in [5, 5.41) is 3.67. The molecule has 2 aliphatic rings. The molecule has 0 aromatic heterocycles. The van der Waals surface area contributed by atoms with Crippen LogP contribution in [0.25, 0.3) is 0 Å². The van der Waals surface area contributed by atoms with Crippen molar-refractivity contribution in [3.63, 3.8) is 0 Å². The molecule has 2 saturated carbocycles. The van der Waals surface area contributed by atoms with Gasteiger partial charge >= 0.3 is 5.97 Å². The molecule has 1 N–H and O–H groups in total. The Labute approximate surface area is 134 Å². The molecule has 2 fully saturated rings. The highest BCUT2D eigenvalue weighted by Gasteiger charge is 2.51. The number of rotatable bonds is 9. The van der Waals surface area contributed by atoms with Crippen LogP contribution in [0.3, 0.4) is 0 Å². The van der Waals surface area contributed by atoms with Crippen molar-refractivity contribution >= 4 is 17.7 Å². The molecule has 2 atom stereocenters. The summed E-state index contributed by atoms with van der Waals surface area (Å²) in [5.41, 5.74) is -0.379. The lowest BCUT2D eigenvalue weighted by atomic mass is 9.84. The van der Waals surface area contributed by atoms with E-state index < -0.39 is 0 Å². The summed E-state index contributed by atoms with van der Waals surface area (Å²) in [5.74, 6) is 3.59. The van der Waals surface area contributed by atoms with Crippen LogP contribution in [0, 0.1) is 11.8 Å². The predicted octanol–water partition coefficient (Wildman–Crippen LogP) is 3.62. The first-order chi connectivity index (χ1) is 10.1. The van der Waals surface area contributed by atoms with E-state index in [0.717, 1.165) is 30.9 Å². The fourth-order valence-corrected chi connectivity index (χ4v) is 4.47. The molecule has 2 unspecified atom stereocenters. The van der Waals surface area contributed by atoms with Gasteiger partial charge in [0.1, 0.15) is 5.54 Å². The Bertz CT molecular complexity index is 344. The zero-order chi connectivity index (χ0) is 15.3. The van der Waals surface area contributed by atoms with Crippen LogP contribution in [0.2, 0.25) is 0 Å². The van der Waals surface area contributed by atoms with Crippen molar-refractivity contribution in [2.24, 2.45) is 11.8 Å². The van der Waals surface area contributed by atoms with Gasteiger partial charge in [-0.15, -0.1) is 0 Å². The lowest BCUT2D eigenvalue weighted by Crippen LogP contribution is -2.56. The summed E-state index contributed by atoms with van der Waals surface area (Å²) in [6, 6.07) is 0.554. The number of ether oxygens (including phenoxy) is 1. The number of carbonyl (C=O) groups is 1. The van der Waals surface area contributed by atoms with E-state index in [1.165, 1.54) is 25.0 Å². The molecule has 0 heterocycles. The van der Waals surface area contributed by atoms with E-state index in [4.69, 9.17) is 4.74 Å². The van der Waals surface area contributed by atoms with Gasteiger partial charge in [0.15, 0.2) is 0 Å². The van der Waals surface area contributed by atoms with Gasteiger partial charge in [-0.2, -0.15) is 11.8 Å². The van der Waals surface area contributed by atoms with E-state index in [-0.39, 0.29) is 11.5 Å². The first-order valence-electron chi connectivity index (χ1n) is 8.61. The number of hydrogen-bond acceptors (Lipinski definition) is 4. The van der Waals surface area contributed by atoms with Crippen LogP contribution in [0.4, 0.5) is 0 Å². The third kappa shape index (κ3) is 4.62. The van der Waals surface area contributed by atoms with Crippen molar-refractivity contribution in [3.8, 4) is 0 Å². The van der Waals surface area contributed by atoms with Crippen LogP contribution in [-0.4, -0.2) is 35.7 Å². The molecule has 0 aromatic carbocycles. The minimum Gasteiger partial charge on any atom is -0.465 e. The zero-order valence-electron chi connectivity index (χ0n) is 13.8. The molecule has 0 radical (unpaired) electrons. The number of esters is 1. The van der Waals surface area contributed by atoms with Crippen LogP contribution in [0.15, 0.2) is 0 Å². The summed E-state index contributed by atoms with van der Waals surface area (Å²) in [7, 11) is 0. The molecule has 2 rings (SSSR count). The topological polar surface area (TPSA) is 38.3 Å². The molecule has 0 aliphatic heterocycles. The minimum absolute atomic E-state index is 0.00765. The van der Waals surface area contributed by atoms with E-state index in [1.807, 2.05) is 18.7 Å². The van der Waals surface area contributed by atoms with Crippen molar-refractivity contribution in [2.75, 3.05) is 18.1 Å². The molecule has 4 heteroatoms. The second kappa shape index (κ2) is 7.87. The molecule has 0 aromatic rings. The van der Waals surface area contributed by atoms with Gasteiger partial charge in [0.25, 0.3) is 0 Å². The van der Waals surface area contributed by atoms with Crippen molar-refractivity contribution in [2.45, 2.75) is 70.9 Å². The fourth-order valence-electron chi connectivity index (χ4n) is 3.38. The standard InChI is InChI=1S/C17H31NO2S/c1-4-20-16(19)17(18-15-7-8-15)10-5-6-14(17)9-11-21-12-13(2)3/h13-15,18H,4-12H2,1-3H3. The number of carbonyl (C=O) groups excluding carboxylic acids is 1. The second-order valence-electron chi connectivity index (χ2n) is 6.96. The van der Waals surface area contributed by atoms with Crippen molar-refractivity contribution in [1.82, 2.24) is 5.32 Å². The van der Waals surface area contributed by atoms with Gasteiger partial charge in [-0.05, 0) is 62.4 Å². The summed E-state index contributed by atoms with van der Waals surface area (Å²) in [6.07, 6.45) is 6.85. The van der Waals surface area contributed by atoms with Crippen LogP contribution in [0.5, 0.6) is 0 Å². The van der Waals surface area contributed by atoms with Crippen molar-refractivity contribution < 1.29 is 9.53 Å². The normalized spacial score (nSPS) is 29.0. The number of hydrogen-bond donors (Lipinski definition) is 1. The van der Waals surface area contributed by atoms with E-state index in [1.54, 1.807) is 0 Å². The van der Waals surface area contributed by atoms with Crippen molar-refractivity contribution in [3.05, 3.63) is 0 Å². The minimum atomic E-state index is -0.379. The van der Waals surface area contributed by atoms with Crippen molar-refractivity contribution in [1.29, 1.82) is 0 Å². The highest BCUT2D eigenvalue weighted by molar-refractivity contribution is 7.99. The highest BCUT2D eigenvalue weighted by atomic mass is 32.2. The van der Waals surface area contributed by atoms with Crippen LogP contribution in [-0.2, 0) is 9.53 Å². The van der Waals surface area contributed by atoms with Gasteiger partial charge in [0.05, 0.1) is 6.61 Å². The van der Waals surface area contributed by atoms with E-state index in [9.17, 15) is 4.79 Å². The summed E-state index contributed by atoms with van der Waals surface area (Å²) in [4.78, 5) is 12.6. The Morgan fingerprint density at radius 1 is 1.38 bits per heavy atom. The van der Waals surface area contributed by atoms with Crippen LogP contribution < -0.4 is 5.32 Å². The SMILES string of the molecule is CCOC(=O)C1(NC2CC2)CCCC1CCSCC(C)C. The molecule has 0 bridgehead atoms. The van der Waals surface area contributed by atoms with E-state index in [0.29, 0.717) is 18.6 Å². The Balaban J connectivity index is 1.93. The highest BCUT2D eigenvalue weighted by Crippen LogP contribution is 2.42.